The maximum atomic E-state index is 13.8. The third-order valence-corrected chi connectivity index (χ3v) is 7.81. The molecule has 6 N–H and O–H groups in total. The van der Waals surface area contributed by atoms with Crippen LogP contribution < -0.4 is 21.3 Å². The Labute approximate surface area is 272 Å². The fourth-order valence-corrected chi connectivity index (χ4v) is 5.53. The summed E-state index contributed by atoms with van der Waals surface area (Å²) < 4.78 is 0. The fourth-order valence-electron chi connectivity index (χ4n) is 5.53. The Hall–Kier alpha value is -3.71. The van der Waals surface area contributed by atoms with Crippen molar-refractivity contribution in [2.45, 2.75) is 130 Å². The minimum Gasteiger partial charge on any atom is -0.481 e. The molecule has 14 nitrogen and oxygen atoms in total. The van der Waals surface area contributed by atoms with Gasteiger partial charge in [-0.3, -0.25) is 28.8 Å². The molecule has 0 aromatic heterocycles. The number of aliphatic carboxylic acids is 2. The number of carboxylic acid groups (broad SMARTS) is 2. The third-order valence-electron chi connectivity index (χ3n) is 7.81. The lowest BCUT2D eigenvalue weighted by Gasteiger charge is -2.32. The minimum atomic E-state index is -1.70. The second kappa shape index (κ2) is 19.1. The first-order valence-corrected chi connectivity index (χ1v) is 16.3. The van der Waals surface area contributed by atoms with Gasteiger partial charge in [0.25, 0.3) is 0 Å². The molecule has 1 aliphatic heterocycles. The normalized spacial score (nSPS) is 15.9. The number of nitrogens with one attached hydrogen (secondary N) is 4. The van der Waals surface area contributed by atoms with Gasteiger partial charge in [-0.1, -0.05) is 61.3 Å². The lowest BCUT2D eigenvalue weighted by Crippen LogP contribution is -2.59. The van der Waals surface area contributed by atoms with E-state index in [0.717, 1.165) is 38.5 Å². The average Bonchev–Trinajstić information content (AvgIpc) is 3.46. The van der Waals surface area contributed by atoms with E-state index in [0.29, 0.717) is 13.1 Å². The Morgan fingerprint density at radius 1 is 0.696 bits per heavy atom. The monoisotopic (exact) mass is 653 g/mol. The van der Waals surface area contributed by atoms with Crippen molar-refractivity contribution in [3.63, 3.8) is 0 Å². The zero-order chi connectivity index (χ0) is 35.2. The van der Waals surface area contributed by atoms with Crippen molar-refractivity contribution >= 4 is 41.5 Å². The highest BCUT2D eigenvalue weighted by Crippen LogP contribution is 2.27. The largest absolute Gasteiger partial charge is 0.481 e. The molecule has 0 bridgehead atoms. The standard InChI is InChI=1S/C32H55N5O9/c1-8-12-20(13-9-2)33-29(43)26(32(5,6)7)30(44)35-21(17-24(38)37-14-10-11-15-37)27(41)34-22(18-25(39)40)28(42)36-23(31(45)46)16-19(3)4/h19-23,26H,8-18H2,1-7H3,(H,33,43)(H,34,41)(H,35,44)(H,36,42)(H,39,40)(H,45,46)/t21-,22-,23-,26-/m0/s1. The Bertz CT molecular complexity index is 1080. The Morgan fingerprint density at radius 2 is 1.15 bits per heavy atom. The maximum absolute atomic E-state index is 13.8. The molecular formula is C32H55N5O9. The van der Waals surface area contributed by atoms with Gasteiger partial charge in [-0.15, -0.1) is 0 Å². The van der Waals surface area contributed by atoms with Crippen LogP contribution in [0.15, 0.2) is 0 Å². The van der Waals surface area contributed by atoms with E-state index in [-0.39, 0.29) is 18.4 Å². The van der Waals surface area contributed by atoms with Gasteiger partial charge in [0.05, 0.1) is 12.8 Å². The van der Waals surface area contributed by atoms with Crippen LogP contribution in [0.1, 0.15) is 106 Å². The molecule has 4 atom stereocenters. The van der Waals surface area contributed by atoms with Crippen molar-refractivity contribution in [2.24, 2.45) is 17.3 Å². The molecule has 262 valence electrons. The van der Waals surface area contributed by atoms with Gasteiger partial charge >= 0.3 is 11.9 Å². The number of carbonyl (C=O) groups excluding carboxylic acids is 5. The van der Waals surface area contributed by atoms with E-state index < -0.39 is 83.8 Å². The highest BCUT2D eigenvalue weighted by atomic mass is 16.4. The minimum absolute atomic E-state index is 0.0610. The van der Waals surface area contributed by atoms with Crippen LogP contribution in [0, 0.1) is 17.3 Å². The molecule has 1 fully saturated rings. The molecule has 0 saturated carbocycles. The smallest absolute Gasteiger partial charge is 0.326 e. The van der Waals surface area contributed by atoms with Crippen molar-refractivity contribution < 1.29 is 43.8 Å². The van der Waals surface area contributed by atoms with E-state index in [1.165, 1.54) is 0 Å². The number of likely N-dealkylation sites (tertiary alicyclic amines) is 1. The van der Waals surface area contributed by atoms with Crippen LogP contribution in [-0.2, 0) is 33.6 Å². The van der Waals surface area contributed by atoms with Crippen LogP contribution in [0.25, 0.3) is 0 Å². The second-order valence-corrected chi connectivity index (χ2v) is 13.6. The van der Waals surface area contributed by atoms with Gasteiger partial charge in [-0.05, 0) is 43.4 Å². The average molecular weight is 654 g/mol. The Kier molecular flexibility index (Phi) is 16.7. The Morgan fingerprint density at radius 3 is 1.59 bits per heavy atom. The number of rotatable bonds is 19. The summed E-state index contributed by atoms with van der Waals surface area (Å²) in [5.74, 6) is -7.92. The van der Waals surface area contributed by atoms with Gasteiger partial charge < -0.3 is 36.4 Å². The SMILES string of the molecule is CCCC(CCC)NC(=O)[C@@H](C(=O)N[C@@H](CC(=O)N1CCCC1)C(=O)N[C@@H](CC(=O)O)C(=O)N[C@@H](CC(C)C)C(=O)O)C(C)(C)C. The number of nitrogens with zero attached hydrogens (tertiary/aromatic N) is 1. The first-order chi connectivity index (χ1) is 21.4. The van der Waals surface area contributed by atoms with Crippen LogP contribution in [0.2, 0.25) is 0 Å². The summed E-state index contributed by atoms with van der Waals surface area (Å²) in [5, 5.41) is 29.1. The summed E-state index contributed by atoms with van der Waals surface area (Å²) in [5.41, 5.74) is -0.884. The van der Waals surface area contributed by atoms with Crippen LogP contribution in [0.3, 0.4) is 0 Å². The van der Waals surface area contributed by atoms with Gasteiger partial charge in [0, 0.05) is 19.1 Å². The van der Waals surface area contributed by atoms with Crippen molar-refractivity contribution in [2.75, 3.05) is 13.1 Å². The highest BCUT2D eigenvalue weighted by molar-refractivity contribution is 6.03. The van der Waals surface area contributed by atoms with Gasteiger partial charge in [0.2, 0.25) is 29.5 Å². The van der Waals surface area contributed by atoms with Crippen LogP contribution in [-0.4, -0.2) is 93.8 Å². The number of carboxylic acids is 2. The molecule has 0 aromatic carbocycles. The molecule has 0 aliphatic carbocycles. The van der Waals surface area contributed by atoms with Crippen LogP contribution >= 0.6 is 0 Å². The van der Waals surface area contributed by atoms with Crippen molar-refractivity contribution in [1.29, 1.82) is 0 Å². The molecule has 1 aliphatic rings. The quantitative estimate of drug-likeness (QED) is 0.112. The van der Waals surface area contributed by atoms with Gasteiger partial charge in [0.1, 0.15) is 24.0 Å². The molecule has 14 heteroatoms. The van der Waals surface area contributed by atoms with Crippen molar-refractivity contribution in [3.8, 4) is 0 Å². The second-order valence-electron chi connectivity index (χ2n) is 13.6. The van der Waals surface area contributed by atoms with E-state index in [4.69, 9.17) is 0 Å². The first-order valence-electron chi connectivity index (χ1n) is 16.3. The third kappa shape index (κ3) is 13.7. The summed E-state index contributed by atoms with van der Waals surface area (Å²) in [4.78, 5) is 91.9. The summed E-state index contributed by atoms with van der Waals surface area (Å²) in [6.45, 7) is 13.6. The molecule has 0 unspecified atom stereocenters. The van der Waals surface area contributed by atoms with E-state index in [9.17, 15) is 43.8 Å². The van der Waals surface area contributed by atoms with Gasteiger partial charge in [-0.25, -0.2) is 4.79 Å². The number of amides is 5. The molecule has 0 aromatic rings. The first kappa shape index (κ1) is 40.3. The number of carbonyl (C=O) groups is 7. The van der Waals surface area contributed by atoms with Crippen molar-refractivity contribution in [3.05, 3.63) is 0 Å². The molecule has 0 spiro atoms. The van der Waals surface area contributed by atoms with Gasteiger partial charge in [-0.2, -0.15) is 0 Å². The molecule has 5 amide bonds. The Balaban J connectivity index is 3.35. The predicted octanol–water partition coefficient (Wildman–Crippen LogP) is 1.81. The molecule has 1 rings (SSSR count). The zero-order valence-corrected chi connectivity index (χ0v) is 28.4. The van der Waals surface area contributed by atoms with Crippen LogP contribution in [0.5, 0.6) is 0 Å². The fraction of sp³-hybridized carbons (Fsp3) is 0.781. The van der Waals surface area contributed by atoms with E-state index in [2.05, 4.69) is 21.3 Å². The summed E-state index contributed by atoms with van der Waals surface area (Å²) in [6.07, 6.45) is 3.35. The summed E-state index contributed by atoms with van der Waals surface area (Å²) >= 11 is 0. The topological polar surface area (TPSA) is 211 Å². The van der Waals surface area contributed by atoms with E-state index in [1.54, 1.807) is 39.5 Å². The zero-order valence-electron chi connectivity index (χ0n) is 28.4. The molecule has 1 saturated heterocycles. The van der Waals surface area contributed by atoms with E-state index in [1.807, 2.05) is 13.8 Å². The summed E-state index contributed by atoms with van der Waals surface area (Å²) in [6, 6.07) is -4.72. The lowest BCUT2D eigenvalue weighted by atomic mass is 9.79. The molecular weight excluding hydrogens is 598 g/mol. The van der Waals surface area contributed by atoms with Crippen molar-refractivity contribution in [1.82, 2.24) is 26.2 Å². The maximum Gasteiger partial charge on any atom is 0.326 e. The highest BCUT2D eigenvalue weighted by Gasteiger charge is 2.41. The number of hydrogen-bond acceptors (Lipinski definition) is 7. The predicted molar refractivity (Wildman–Crippen MR) is 170 cm³/mol. The lowest BCUT2D eigenvalue weighted by molar-refractivity contribution is -0.146. The van der Waals surface area contributed by atoms with Crippen LogP contribution in [0.4, 0.5) is 0 Å². The number of hydrogen-bond donors (Lipinski definition) is 6. The molecule has 1 heterocycles. The van der Waals surface area contributed by atoms with Gasteiger partial charge in [0.15, 0.2) is 0 Å². The molecule has 0 radical (unpaired) electrons. The summed E-state index contributed by atoms with van der Waals surface area (Å²) in [7, 11) is 0. The molecule has 46 heavy (non-hydrogen) atoms. The van der Waals surface area contributed by atoms with E-state index >= 15 is 0 Å².